The Morgan fingerprint density at radius 1 is 1.27 bits per heavy atom. The molecule has 0 saturated heterocycles. The van der Waals surface area contributed by atoms with Crippen molar-refractivity contribution in [2.24, 2.45) is 0 Å². The molecule has 26 heavy (non-hydrogen) atoms. The maximum Gasteiger partial charge on any atom is 0.253 e. The Hall–Kier alpha value is -2.99. The molecule has 0 aliphatic rings. The number of carbonyl (C=O) groups excluding carboxylic acids is 1. The summed E-state index contributed by atoms with van der Waals surface area (Å²) in [6.07, 6.45) is -0.993. The number of halogens is 1. The third-order valence-corrected chi connectivity index (χ3v) is 4.15. The van der Waals surface area contributed by atoms with Crippen molar-refractivity contribution in [3.63, 3.8) is 0 Å². The van der Waals surface area contributed by atoms with E-state index in [-0.39, 0.29) is 12.5 Å². The predicted octanol–water partition coefficient (Wildman–Crippen LogP) is 3.15. The van der Waals surface area contributed by atoms with Gasteiger partial charge in [-0.2, -0.15) is 0 Å². The van der Waals surface area contributed by atoms with Crippen LogP contribution in [-0.4, -0.2) is 29.7 Å². The van der Waals surface area contributed by atoms with Crippen molar-refractivity contribution in [3.8, 4) is 5.75 Å². The highest BCUT2D eigenvalue weighted by atomic mass is 19.1. The topological polar surface area (TPSA) is 71.5 Å². The van der Waals surface area contributed by atoms with Gasteiger partial charge in [-0.25, -0.2) is 4.39 Å². The van der Waals surface area contributed by atoms with Gasteiger partial charge in [0.1, 0.15) is 11.6 Å². The van der Waals surface area contributed by atoms with Gasteiger partial charge in [0.25, 0.3) is 5.91 Å². The van der Waals surface area contributed by atoms with Gasteiger partial charge in [0.05, 0.1) is 30.0 Å². The summed E-state index contributed by atoms with van der Waals surface area (Å²) in [4.78, 5) is 16.9. The number of rotatable bonds is 5. The number of fused-ring (bicyclic) bond motifs is 1. The summed E-state index contributed by atoms with van der Waals surface area (Å²) in [6.45, 7) is 1.72. The number of hydrogen-bond acceptors (Lipinski definition) is 4. The van der Waals surface area contributed by atoms with Gasteiger partial charge < -0.3 is 15.2 Å². The van der Waals surface area contributed by atoms with Gasteiger partial charge in [0.15, 0.2) is 0 Å². The first-order valence-electron chi connectivity index (χ1n) is 8.15. The number of aliphatic hydroxyl groups is 1. The van der Waals surface area contributed by atoms with E-state index in [4.69, 9.17) is 4.74 Å². The van der Waals surface area contributed by atoms with E-state index >= 15 is 0 Å². The molecule has 3 aromatic rings. The van der Waals surface area contributed by atoms with Crippen molar-refractivity contribution in [1.82, 2.24) is 10.3 Å². The minimum atomic E-state index is -0.993. The average molecular weight is 354 g/mol. The number of aromatic nitrogens is 1. The molecule has 3 rings (SSSR count). The molecule has 0 bridgehead atoms. The van der Waals surface area contributed by atoms with Gasteiger partial charge in [-0.1, -0.05) is 12.1 Å². The van der Waals surface area contributed by atoms with Gasteiger partial charge >= 0.3 is 0 Å². The van der Waals surface area contributed by atoms with E-state index in [1.807, 2.05) is 6.07 Å². The Morgan fingerprint density at radius 2 is 2.08 bits per heavy atom. The molecule has 1 aromatic heterocycles. The Labute approximate surface area is 150 Å². The molecule has 0 radical (unpaired) electrons. The van der Waals surface area contributed by atoms with E-state index in [1.54, 1.807) is 38.3 Å². The lowest BCUT2D eigenvalue weighted by Crippen LogP contribution is -2.29. The van der Waals surface area contributed by atoms with E-state index in [0.29, 0.717) is 22.6 Å². The lowest BCUT2D eigenvalue weighted by atomic mass is 10.1. The predicted molar refractivity (Wildman–Crippen MR) is 96.7 cm³/mol. The summed E-state index contributed by atoms with van der Waals surface area (Å²) in [5, 5.41) is 13.6. The third-order valence-electron chi connectivity index (χ3n) is 4.15. The number of nitrogens with zero attached hydrogens (tertiary/aromatic N) is 1. The number of carbonyl (C=O) groups is 1. The molecule has 1 atom stereocenters. The number of hydrogen-bond donors (Lipinski definition) is 2. The van der Waals surface area contributed by atoms with Crippen LogP contribution in [0.15, 0.2) is 48.5 Å². The van der Waals surface area contributed by atoms with Crippen LogP contribution in [0.25, 0.3) is 10.9 Å². The quantitative estimate of drug-likeness (QED) is 0.738. The molecule has 0 spiro atoms. The van der Waals surface area contributed by atoms with Crippen molar-refractivity contribution >= 4 is 16.8 Å². The second kappa shape index (κ2) is 7.49. The van der Waals surface area contributed by atoms with E-state index in [9.17, 15) is 14.3 Å². The van der Waals surface area contributed by atoms with Crippen molar-refractivity contribution in [3.05, 3.63) is 71.2 Å². The molecule has 2 N–H and O–H groups in total. The van der Waals surface area contributed by atoms with Crippen LogP contribution in [0.4, 0.5) is 4.39 Å². The van der Waals surface area contributed by atoms with Crippen LogP contribution in [-0.2, 0) is 0 Å². The van der Waals surface area contributed by atoms with Crippen molar-refractivity contribution in [2.75, 3.05) is 13.7 Å². The number of ether oxygens (including phenoxy) is 1. The number of aliphatic hydroxyl groups excluding tert-OH is 1. The van der Waals surface area contributed by atoms with Crippen LogP contribution < -0.4 is 10.1 Å². The van der Waals surface area contributed by atoms with Crippen molar-refractivity contribution in [2.45, 2.75) is 13.0 Å². The normalized spacial score (nSPS) is 12.0. The lowest BCUT2D eigenvalue weighted by Gasteiger charge is -2.13. The molecule has 1 unspecified atom stereocenters. The Kier molecular flexibility index (Phi) is 5.14. The summed E-state index contributed by atoms with van der Waals surface area (Å²) in [6, 6.07) is 12.9. The molecular formula is C20H19FN2O3. The van der Waals surface area contributed by atoms with E-state index in [0.717, 1.165) is 10.9 Å². The highest BCUT2D eigenvalue weighted by Crippen LogP contribution is 2.22. The first-order chi connectivity index (χ1) is 12.5. The van der Waals surface area contributed by atoms with Gasteiger partial charge in [-0.15, -0.1) is 0 Å². The second-order valence-corrected chi connectivity index (χ2v) is 5.96. The van der Waals surface area contributed by atoms with E-state index < -0.39 is 11.9 Å². The Bertz CT molecular complexity index is 959. The van der Waals surface area contributed by atoms with Gasteiger partial charge in [-0.3, -0.25) is 9.78 Å². The molecule has 6 heteroatoms. The van der Waals surface area contributed by atoms with E-state index in [1.165, 1.54) is 18.2 Å². The van der Waals surface area contributed by atoms with Crippen LogP contribution >= 0.6 is 0 Å². The molecule has 1 heterocycles. The zero-order valence-electron chi connectivity index (χ0n) is 14.5. The monoisotopic (exact) mass is 354 g/mol. The first-order valence-corrected chi connectivity index (χ1v) is 8.15. The zero-order valence-corrected chi connectivity index (χ0v) is 14.5. The number of nitrogens with one attached hydrogen (secondary N) is 1. The smallest absolute Gasteiger partial charge is 0.253 e. The summed E-state index contributed by atoms with van der Waals surface area (Å²) in [5.74, 6) is -0.0825. The van der Waals surface area contributed by atoms with Crippen molar-refractivity contribution in [1.29, 1.82) is 0 Å². The molecule has 0 aliphatic carbocycles. The third kappa shape index (κ3) is 3.81. The maximum atomic E-state index is 13.2. The molecular weight excluding hydrogens is 335 g/mol. The number of benzene rings is 2. The SMILES string of the molecule is COc1ccc2cc(C(=O)NCC(O)c3cccc(F)c3)c(C)nc2c1. The standard InChI is InChI=1S/C20H19FN2O3/c1-12-17(9-13-6-7-16(26-2)10-18(13)23-12)20(25)22-11-19(24)14-4-3-5-15(21)8-14/h3-10,19,24H,11H2,1-2H3,(H,22,25). The van der Waals surface area contributed by atoms with Crippen LogP contribution in [0.2, 0.25) is 0 Å². The number of amides is 1. The first kappa shape index (κ1) is 17.8. The number of pyridine rings is 1. The fourth-order valence-corrected chi connectivity index (χ4v) is 2.72. The summed E-state index contributed by atoms with van der Waals surface area (Å²) in [5.41, 5.74) is 2.14. The van der Waals surface area contributed by atoms with Crippen LogP contribution in [0.5, 0.6) is 5.75 Å². The highest BCUT2D eigenvalue weighted by molar-refractivity contribution is 5.98. The molecule has 1 amide bonds. The minimum Gasteiger partial charge on any atom is -0.497 e. The fourth-order valence-electron chi connectivity index (χ4n) is 2.72. The fraction of sp³-hybridized carbons (Fsp3) is 0.200. The average Bonchev–Trinajstić information content (AvgIpc) is 2.64. The van der Waals surface area contributed by atoms with Crippen LogP contribution in [0, 0.1) is 12.7 Å². The minimum absolute atomic E-state index is 0.0254. The Morgan fingerprint density at radius 3 is 2.81 bits per heavy atom. The van der Waals surface area contributed by atoms with Crippen molar-refractivity contribution < 1.29 is 19.0 Å². The molecule has 2 aromatic carbocycles. The molecule has 0 saturated carbocycles. The van der Waals surface area contributed by atoms with E-state index in [2.05, 4.69) is 10.3 Å². The maximum absolute atomic E-state index is 13.2. The summed E-state index contributed by atoms with van der Waals surface area (Å²) >= 11 is 0. The van der Waals surface area contributed by atoms with Gasteiger partial charge in [-0.05, 0) is 42.8 Å². The lowest BCUT2D eigenvalue weighted by molar-refractivity contribution is 0.0915. The highest BCUT2D eigenvalue weighted by Gasteiger charge is 2.15. The Balaban J connectivity index is 1.76. The number of aryl methyl sites for hydroxylation is 1. The zero-order chi connectivity index (χ0) is 18.7. The largest absolute Gasteiger partial charge is 0.497 e. The van der Waals surface area contributed by atoms with Gasteiger partial charge in [0, 0.05) is 18.0 Å². The molecule has 5 nitrogen and oxygen atoms in total. The molecule has 0 fully saturated rings. The second-order valence-electron chi connectivity index (χ2n) is 5.96. The molecule has 0 aliphatic heterocycles. The summed E-state index contributed by atoms with van der Waals surface area (Å²) < 4.78 is 18.4. The summed E-state index contributed by atoms with van der Waals surface area (Å²) in [7, 11) is 1.58. The molecule has 134 valence electrons. The van der Waals surface area contributed by atoms with Crippen LogP contribution in [0.3, 0.4) is 0 Å². The number of methoxy groups -OCH3 is 1. The van der Waals surface area contributed by atoms with Gasteiger partial charge in [0.2, 0.25) is 0 Å². The van der Waals surface area contributed by atoms with Crippen LogP contribution in [0.1, 0.15) is 27.7 Å².